The van der Waals surface area contributed by atoms with Gasteiger partial charge in [0.15, 0.2) is 9.84 Å². The number of sulfone groups is 1. The van der Waals surface area contributed by atoms with E-state index in [1.165, 1.54) is 17.6 Å². The quantitative estimate of drug-likeness (QED) is 0.409. The Labute approximate surface area is 171 Å². The highest BCUT2D eigenvalue weighted by atomic mass is 35.5. The van der Waals surface area contributed by atoms with E-state index in [1.54, 1.807) is 41.9 Å². The molecule has 3 N–H and O–H groups in total. The molecule has 2 amide bonds. The zero-order valence-electron chi connectivity index (χ0n) is 14.8. The van der Waals surface area contributed by atoms with E-state index in [0.717, 1.165) is 27.1 Å². The summed E-state index contributed by atoms with van der Waals surface area (Å²) in [5, 5.41) is 13.8. The third-order valence-corrected chi connectivity index (χ3v) is 6.47. The summed E-state index contributed by atoms with van der Waals surface area (Å²) in [7, 11) is -3.27. The van der Waals surface area contributed by atoms with Gasteiger partial charge in [0.1, 0.15) is 0 Å². The van der Waals surface area contributed by atoms with Crippen molar-refractivity contribution in [1.29, 1.82) is 0 Å². The van der Waals surface area contributed by atoms with Crippen molar-refractivity contribution >= 4 is 38.8 Å². The first-order chi connectivity index (χ1) is 13.3. The Hall–Kier alpha value is -2.39. The first-order valence-electron chi connectivity index (χ1n) is 8.14. The van der Waals surface area contributed by atoms with E-state index >= 15 is 0 Å². The number of nitrogens with one attached hydrogen (secondary N) is 2. The predicted molar refractivity (Wildman–Crippen MR) is 110 cm³/mol. The van der Waals surface area contributed by atoms with E-state index in [-0.39, 0.29) is 11.4 Å². The molecule has 0 atom stereocenters. The van der Waals surface area contributed by atoms with Crippen LogP contribution in [0.25, 0.3) is 22.3 Å². The highest BCUT2D eigenvalue weighted by Crippen LogP contribution is 2.40. The number of carbonyl (C=O) groups excluding carboxylic acids is 1. The second-order valence-electron chi connectivity index (χ2n) is 6.05. The Morgan fingerprint density at radius 1 is 1.07 bits per heavy atom. The Balaban J connectivity index is 2.06. The maximum atomic E-state index is 11.7. The van der Waals surface area contributed by atoms with E-state index in [2.05, 4.69) is 5.32 Å². The molecule has 3 rings (SSSR count). The minimum absolute atomic E-state index is 0.219. The second kappa shape index (κ2) is 8.32. The van der Waals surface area contributed by atoms with Gasteiger partial charge in [0, 0.05) is 27.3 Å². The number of amides is 2. The molecule has 1 aromatic heterocycles. The minimum atomic E-state index is -3.27. The summed E-state index contributed by atoms with van der Waals surface area (Å²) >= 11 is 7.46. The topological polar surface area (TPSA) is 95.5 Å². The van der Waals surface area contributed by atoms with E-state index in [1.807, 2.05) is 17.5 Å². The number of rotatable bonds is 5. The third kappa shape index (κ3) is 4.53. The lowest BCUT2D eigenvalue weighted by atomic mass is 9.97. The van der Waals surface area contributed by atoms with Gasteiger partial charge in [-0.15, -0.1) is 11.3 Å². The van der Waals surface area contributed by atoms with Crippen molar-refractivity contribution in [2.75, 3.05) is 6.26 Å². The van der Waals surface area contributed by atoms with Gasteiger partial charge in [-0.05, 0) is 40.8 Å². The highest BCUT2D eigenvalue weighted by Gasteiger charge is 2.17. The Bertz CT molecular complexity index is 1090. The van der Waals surface area contributed by atoms with Gasteiger partial charge in [0.05, 0.1) is 11.4 Å². The minimum Gasteiger partial charge on any atom is -0.331 e. The van der Waals surface area contributed by atoms with E-state index < -0.39 is 15.9 Å². The van der Waals surface area contributed by atoms with Crippen LogP contribution in [0, 0.1) is 0 Å². The molecule has 3 aromatic rings. The summed E-state index contributed by atoms with van der Waals surface area (Å²) in [5.74, 6) is 0. The molecule has 28 heavy (non-hydrogen) atoms. The van der Waals surface area contributed by atoms with Crippen molar-refractivity contribution < 1.29 is 18.4 Å². The molecule has 0 aliphatic heterocycles. The number of halogens is 1. The number of hydrogen-bond acceptors (Lipinski definition) is 5. The molecule has 1 heterocycles. The molecule has 0 aliphatic rings. The van der Waals surface area contributed by atoms with Crippen LogP contribution < -0.4 is 10.8 Å². The molecule has 0 saturated carbocycles. The van der Waals surface area contributed by atoms with Crippen molar-refractivity contribution in [3.05, 3.63) is 63.8 Å². The van der Waals surface area contributed by atoms with Crippen LogP contribution in [0.2, 0.25) is 5.02 Å². The molecule has 6 nitrogen and oxygen atoms in total. The van der Waals surface area contributed by atoms with Gasteiger partial charge in [-0.1, -0.05) is 35.9 Å². The number of thiophene rings is 1. The average Bonchev–Trinajstić information content (AvgIpc) is 3.10. The molecule has 9 heteroatoms. The first kappa shape index (κ1) is 20.3. The van der Waals surface area contributed by atoms with Crippen molar-refractivity contribution in [1.82, 2.24) is 10.8 Å². The molecule has 146 valence electrons. The van der Waals surface area contributed by atoms with E-state index in [0.29, 0.717) is 5.02 Å². The Morgan fingerprint density at radius 2 is 1.68 bits per heavy atom. The van der Waals surface area contributed by atoms with Crippen molar-refractivity contribution in [2.24, 2.45) is 0 Å². The first-order valence-corrected chi connectivity index (χ1v) is 11.3. The van der Waals surface area contributed by atoms with Gasteiger partial charge in [-0.3, -0.25) is 5.21 Å². The summed E-state index contributed by atoms with van der Waals surface area (Å²) in [6.07, 6.45) is 1.17. The molecule has 0 unspecified atom stereocenters. The van der Waals surface area contributed by atoms with Crippen LogP contribution >= 0.6 is 22.9 Å². The summed E-state index contributed by atoms with van der Waals surface area (Å²) in [4.78, 5) is 12.5. The lowest BCUT2D eigenvalue weighted by molar-refractivity contribution is 0.161. The smallest absolute Gasteiger partial charge is 0.331 e. The van der Waals surface area contributed by atoms with Crippen LogP contribution in [-0.4, -0.2) is 25.9 Å². The molecule has 2 aromatic carbocycles. The fraction of sp³-hybridized carbons (Fsp3) is 0.105. The fourth-order valence-corrected chi connectivity index (χ4v) is 4.53. The van der Waals surface area contributed by atoms with Crippen LogP contribution in [0.1, 0.15) is 4.88 Å². The van der Waals surface area contributed by atoms with Gasteiger partial charge in [-0.25, -0.2) is 18.7 Å². The van der Waals surface area contributed by atoms with Gasteiger partial charge in [0.25, 0.3) is 0 Å². The molecular formula is C19H17ClN2O4S2. The molecule has 0 saturated heterocycles. The maximum Gasteiger partial charge on any atom is 0.338 e. The van der Waals surface area contributed by atoms with Crippen molar-refractivity contribution in [3.63, 3.8) is 0 Å². The number of carbonyl (C=O) groups is 1. The van der Waals surface area contributed by atoms with Crippen LogP contribution in [-0.2, 0) is 16.4 Å². The van der Waals surface area contributed by atoms with Crippen LogP contribution in [0.3, 0.4) is 0 Å². The number of urea groups is 1. The maximum absolute atomic E-state index is 11.7. The van der Waals surface area contributed by atoms with Gasteiger partial charge >= 0.3 is 6.03 Å². The summed E-state index contributed by atoms with van der Waals surface area (Å²) in [6.45, 7) is 0.219. The lowest BCUT2D eigenvalue weighted by Gasteiger charge is -2.10. The average molecular weight is 437 g/mol. The highest BCUT2D eigenvalue weighted by molar-refractivity contribution is 7.90. The standard InChI is InChI=1S/C19H17ClN2O4S2/c1-28(25,26)15-8-4-12(5-9-15)16-11-27-17(10-21-19(23)22-24)18(16)13-2-6-14(20)7-3-13/h2-9,11,24H,10H2,1H3,(H2,21,22,23). The molecule has 0 spiro atoms. The normalized spacial score (nSPS) is 11.2. The zero-order valence-corrected chi connectivity index (χ0v) is 17.2. The van der Waals surface area contributed by atoms with Crippen LogP contribution in [0.4, 0.5) is 4.79 Å². The van der Waals surface area contributed by atoms with Crippen LogP contribution in [0.15, 0.2) is 58.8 Å². The van der Waals surface area contributed by atoms with Crippen molar-refractivity contribution in [2.45, 2.75) is 11.4 Å². The molecule has 0 radical (unpaired) electrons. The van der Waals surface area contributed by atoms with Gasteiger partial charge in [-0.2, -0.15) is 0 Å². The molecular weight excluding hydrogens is 420 g/mol. The summed E-state index contributed by atoms with van der Waals surface area (Å²) in [6, 6.07) is 13.3. The SMILES string of the molecule is CS(=O)(=O)c1ccc(-c2csc(CNC(=O)NO)c2-c2ccc(Cl)cc2)cc1. The van der Waals surface area contributed by atoms with E-state index in [9.17, 15) is 13.2 Å². The van der Waals surface area contributed by atoms with Gasteiger partial charge in [0.2, 0.25) is 0 Å². The Morgan fingerprint density at radius 3 is 2.25 bits per heavy atom. The molecule has 0 bridgehead atoms. The second-order valence-corrected chi connectivity index (χ2v) is 9.46. The summed E-state index contributed by atoms with van der Waals surface area (Å²) < 4.78 is 23.4. The molecule has 0 aliphatic carbocycles. The third-order valence-electron chi connectivity index (χ3n) is 4.10. The summed E-state index contributed by atoms with van der Waals surface area (Å²) in [5.41, 5.74) is 5.13. The lowest BCUT2D eigenvalue weighted by Crippen LogP contribution is -2.32. The zero-order chi connectivity index (χ0) is 20.3. The monoisotopic (exact) mass is 436 g/mol. The number of benzene rings is 2. The number of hydrogen-bond donors (Lipinski definition) is 3. The Kier molecular flexibility index (Phi) is 6.04. The van der Waals surface area contributed by atoms with Crippen molar-refractivity contribution in [3.8, 4) is 22.3 Å². The van der Waals surface area contributed by atoms with Gasteiger partial charge < -0.3 is 5.32 Å². The van der Waals surface area contributed by atoms with E-state index in [4.69, 9.17) is 16.8 Å². The molecule has 0 fully saturated rings. The van der Waals surface area contributed by atoms with Crippen LogP contribution in [0.5, 0.6) is 0 Å². The number of hydroxylamine groups is 1. The largest absolute Gasteiger partial charge is 0.338 e. The predicted octanol–water partition coefficient (Wildman–Crippen LogP) is 4.33. The fourth-order valence-electron chi connectivity index (χ4n) is 2.76.